The van der Waals surface area contributed by atoms with E-state index in [-0.39, 0.29) is 23.9 Å². The van der Waals surface area contributed by atoms with Gasteiger partial charge in [-0.2, -0.15) is 5.10 Å². The highest BCUT2D eigenvalue weighted by atomic mass is 35.5. The van der Waals surface area contributed by atoms with Crippen molar-refractivity contribution in [1.82, 2.24) is 15.1 Å². The number of carbonyl (C=O) groups excluding carboxylic acids is 1. The number of aromatic nitrogens is 2. The molecule has 6 heteroatoms. The van der Waals surface area contributed by atoms with Crippen molar-refractivity contribution in [3.05, 3.63) is 52.3 Å². The molecule has 0 aliphatic heterocycles. The van der Waals surface area contributed by atoms with Crippen molar-refractivity contribution in [3.8, 4) is 0 Å². The lowest BCUT2D eigenvalue weighted by Crippen LogP contribution is -2.52. The van der Waals surface area contributed by atoms with Crippen molar-refractivity contribution in [3.63, 3.8) is 0 Å². The molecule has 2 aromatic rings. The normalized spacial score (nSPS) is 11.2. The van der Waals surface area contributed by atoms with Gasteiger partial charge in [-0.1, -0.05) is 43.7 Å². The van der Waals surface area contributed by atoms with Gasteiger partial charge in [0.25, 0.3) is 0 Å². The molecule has 0 saturated carbocycles. The summed E-state index contributed by atoms with van der Waals surface area (Å²) in [5.41, 5.74) is 11.4. The average molecular weight is 407 g/mol. The molecule has 1 heterocycles. The molecule has 0 spiro atoms. The molecule has 0 atom stereocenters. The van der Waals surface area contributed by atoms with E-state index in [4.69, 9.17) is 10.8 Å². The molecule has 28 heavy (non-hydrogen) atoms. The summed E-state index contributed by atoms with van der Waals surface area (Å²) in [5, 5.41) is 7.84. The van der Waals surface area contributed by atoms with E-state index in [0.717, 1.165) is 30.8 Å². The zero-order valence-corrected chi connectivity index (χ0v) is 18.7. The molecule has 3 N–H and O–H groups in total. The molecular formula is C22H35ClN4O. The molecule has 2 rings (SSSR count). The van der Waals surface area contributed by atoms with Gasteiger partial charge in [-0.15, -0.1) is 12.4 Å². The first kappa shape index (κ1) is 24.2. The standard InChI is InChI=1S/C22H34N4O.ClH/c1-6-22(7-2,15-23)24-21(27)13-12-20-17(4)25-26(18(20)5)14-19-10-8-16(3)9-11-19;/h8-11H,6-7,12-15,23H2,1-5H3,(H,24,27);1H. The molecule has 0 aliphatic carbocycles. The summed E-state index contributed by atoms with van der Waals surface area (Å²) in [5.74, 6) is 0.0641. The van der Waals surface area contributed by atoms with Gasteiger partial charge in [-0.05, 0) is 51.2 Å². The minimum absolute atomic E-state index is 0. The number of hydrogen-bond acceptors (Lipinski definition) is 3. The van der Waals surface area contributed by atoms with Crippen molar-refractivity contribution in [2.75, 3.05) is 6.54 Å². The largest absolute Gasteiger partial charge is 0.349 e. The number of amides is 1. The summed E-state index contributed by atoms with van der Waals surface area (Å²) < 4.78 is 2.04. The number of rotatable bonds is 9. The van der Waals surface area contributed by atoms with E-state index in [9.17, 15) is 4.79 Å². The molecule has 1 aromatic heterocycles. The molecule has 5 nitrogen and oxygen atoms in total. The SMILES string of the molecule is CCC(CC)(CN)NC(=O)CCc1c(C)nn(Cc2ccc(C)cc2)c1C.Cl. The quantitative estimate of drug-likeness (QED) is 0.664. The molecule has 0 bridgehead atoms. The van der Waals surface area contributed by atoms with E-state index < -0.39 is 0 Å². The Morgan fingerprint density at radius 2 is 1.75 bits per heavy atom. The first-order valence-electron chi connectivity index (χ1n) is 9.93. The van der Waals surface area contributed by atoms with E-state index >= 15 is 0 Å². The Labute approximate surface area is 175 Å². The van der Waals surface area contributed by atoms with E-state index in [2.05, 4.69) is 57.3 Å². The molecule has 0 aliphatic rings. The number of nitrogens with two attached hydrogens (primary N) is 1. The molecule has 1 aromatic carbocycles. The van der Waals surface area contributed by atoms with Crippen LogP contribution in [0.4, 0.5) is 0 Å². The maximum Gasteiger partial charge on any atom is 0.220 e. The second kappa shape index (κ2) is 10.6. The van der Waals surface area contributed by atoms with Crippen LogP contribution in [0.25, 0.3) is 0 Å². The maximum atomic E-state index is 12.5. The second-order valence-electron chi connectivity index (χ2n) is 7.53. The topological polar surface area (TPSA) is 72.9 Å². The summed E-state index contributed by atoms with van der Waals surface area (Å²) in [6.45, 7) is 11.6. The van der Waals surface area contributed by atoms with Crippen molar-refractivity contribution in [1.29, 1.82) is 0 Å². The molecule has 0 unspecified atom stereocenters. The van der Waals surface area contributed by atoms with Crippen molar-refractivity contribution >= 4 is 18.3 Å². The van der Waals surface area contributed by atoms with Crippen molar-refractivity contribution in [2.24, 2.45) is 5.73 Å². The van der Waals surface area contributed by atoms with Crippen LogP contribution in [0.3, 0.4) is 0 Å². The third kappa shape index (κ3) is 5.82. The summed E-state index contributed by atoms with van der Waals surface area (Å²) in [4.78, 5) is 12.5. The number of aryl methyl sites for hydroxylation is 2. The minimum atomic E-state index is -0.281. The maximum absolute atomic E-state index is 12.5. The number of benzene rings is 1. The molecular weight excluding hydrogens is 372 g/mol. The Hall–Kier alpha value is -1.85. The summed E-state index contributed by atoms with van der Waals surface area (Å²) in [7, 11) is 0. The zero-order chi connectivity index (χ0) is 20.0. The minimum Gasteiger partial charge on any atom is -0.349 e. The number of nitrogens with zero attached hydrogens (tertiary/aromatic N) is 2. The lowest BCUT2D eigenvalue weighted by Gasteiger charge is -2.31. The van der Waals surface area contributed by atoms with Crippen LogP contribution in [0.5, 0.6) is 0 Å². The highest BCUT2D eigenvalue weighted by Crippen LogP contribution is 2.18. The zero-order valence-electron chi connectivity index (χ0n) is 17.8. The number of carbonyl (C=O) groups is 1. The van der Waals surface area contributed by atoms with Crippen LogP contribution < -0.4 is 11.1 Å². The van der Waals surface area contributed by atoms with Gasteiger partial charge in [0.1, 0.15) is 0 Å². The van der Waals surface area contributed by atoms with Crippen LogP contribution in [0.1, 0.15) is 61.2 Å². The van der Waals surface area contributed by atoms with Crippen LogP contribution >= 0.6 is 12.4 Å². The third-order valence-corrected chi connectivity index (χ3v) is 5.74. The fraction of sp³-hybridized carbons (Fsp3) is 0.545. The smallest absolute Gasteiger partial charge is 0.220 e. The van der Waals surface area contributed by atoms with Crippen LogP contribution in [-0.2, 0) is 17.8 Å². The van der Waals surface area contributed by atoms with Crippen molar-refractivity contribution < 1.29 is 4.79 Å². The molecule has 0 saturated heterocycles. The van der Waals surface area contributed by atoms with Crippen molar-refractivity contribution in [2.45, 2.75) is 72.4 Å². The summed E-state index contributed by atoms with van der Waals surface area (Å²) in [6, 6.07) is 8.52. The van der Waals surface area contributed by atoms with E-state index in [1.165, 1.54) is 16.7 Å². The Bertz CT molecular complexity index is 755. The summed E-state index contributed by atoms with van der Waals surface area (Å²) in [6.07, 6.45) is 2.85. The van der Waals surface area contributed by atoms with Gasteiger partial charge in [-0.25, -0.2) is 0 Å². The second-order valence-corrected chi connectivity index (χ2v) is 7.53. The molecule has 1 amide bonds. The number of halogens is 1. The molecule has 156 valence electrons. The third-order valence-electron chi connectivity index (χ3n) is 5.74. The first-order valence-corrected chi connectivity index (χ1v) is 9.93. The van der Waals surface area contributed by atoms with E-state index in [0.29, 0.717) is 19.4 Å². The Morgan fingerprint density at radius 3 is 2.29 bits per heavy atom. The van der Waals surface area contributed by atoms with Crippen LogP contribution in [0, 0.1) is 20.8 Å². The number of nitrogens with one attached hydrogen (secondary N) is 1. The van der Waals surface area contributed by atoms with E-state index in [1.807, 2.05) is 11.6 Å². The first-order chi connectivity index (χ1) is 12.8. The average Bonchev–Trinajstić information content (AvgIpc) is 2.93. The van der Waals surface area contributed by atoms with Gasteiger partial charge >= 0.3 is 0 Å². The fourth-order valence-electron chi connectivity index (χ4n) is 3.48. The number of hydrogen-bond donors (Lipinski definition) is 2. The van der Waals surface area contributed by atoms with Gasteiger partial charge < -0.3 is 11.1 Å². The van der Waals surface area contributed by atoms with Crippen LogP contribution in [0.15, 0.2) is 24.3 Å². The van der Waals surface area contributed by atoms with Gasteiger partial charge in [0.2, 0.25) is 5.91 Å². The monoisotopic (exact) mass is 406 g/mol. The van der Waals surface area contributed by atoms with Gasteiger partial charge in [0.15, 0.2) is 0 Å². The predicted octanol–water partition coefficient (Wildman–Crippen LogP) is 3.84. The lowest BCUT2D eigenvalue weighted by atomic mass is 9.92. The highest BCUT2D eigenvalue weighted by molar-refractivity contribution is 5.85. The highest BCUT2D eigenvalue weighted by Gasteiger charge is 2.26. The van der Waals surface area contributed by atoms with Crippen LogP contribution in [-0.4, -0.2) is 27.8 Å². The Kier molecular flexibility index (Phi) is 9.18. The van der Waals surface area contributed by atoms with Gasteiger partial charge in [0, 0.05) is 18.7 Å². The molecule has 0 radical (unpaired) electrons. The predicted molar refractivity (Wildman–Crippen MR) is 118 cm³/mol. The summed E-state index contributed by atoms with van der Waals surface area (Å²) >= 11 is 0. The van der Waals surface area contributed by atoms with Gasteiger partial charge in [-0.3, -0.25) is 9.48 Å². The van der Waals surface area contributed by atoms with Gasteiger partial charge in [0.05, 0.1) is 17.8 Å². The fourth-order valence-corrected chi connectivity index (χ4v) is 3.48. The Balaban J connectivity index is 0.00000392. The lowest BCUT2D eigenvalue weighted by molar-refractivity contribution is -0.123. The van der Waals surface area contributed by atoms with E-state index in [1.54, 1.807) is 0 Å². The molecule has 0 fully saturated rings. The van der Waals surface area contributed by atoms with Crippen LogP contribution in [0.2, 0.25) is 0 Å². The Morgan fingerprint density at radius 1 is 1.14 bits per heavy atom.